The molecule has 1 aliphatic rings. The lowest BCUT2D eigenvalue weighted by molar-refractivity contribution is 0.0812. The van der Waals surface area contributed by atoms with Crippen molar-refractivity contribution in [1.29, 1.82) is 0 Å². The first-order valence-corrected chi connectivity index (χ1v) is 6.64. The number of fused-ring (bicyclic) bond motifs is 3. The number of Topliss-reactive ketones (excluding diaryl/α,β-unsaturated/α-hetero) is 2. The fourth-order valence-corrected chi connectivity index (χ4v) is 2.49. The predicted molar refractivity (Wildman–Crippen MR) is 75.8 cm³/mol. The molecule has 1 N–H and O–H groups in total. The van der Waals surface area contributed by atoms with Gasteiger partial charge in [0.2, 0.25) is 5.78 Å². The van der Waals surface area contributed by atoms with Crippen LogP contribution in [0, 0.1) is 5.41 Å². The van der Waals surface area contributed by atoms with Gasteiger partial charge in [-0.15, -0.1) is 0 Å². The van der Waals surface area contributed by atoms with E-state index in [0.29, 0.717) is 17.0 Å². The summed E-state index contributed by atoms with van der Waals surface area (Å²) in [6.07, 6.45) is 0.726. The highest BCUT2D eigenvalue weighted by Crippen LogP contribution is 2.32. The van der Waals surface area contributed by atoms with Crippen LogP contribution in [0.2, 0.25) is 0 Å². The highest BCUT2D eigenvalue weighted by Gasteiger charge is 2.33. The minimum absolute atomic E-state index is 0.0625. The zero-order valence-electron chi connectivity index (χ0n) is 11.8. The molecule has 1 aromatic heterocycles. The van der Waals surface area contributed by atoms with Crippen molar-refractivity contribution in [2.75, 3.05) is 0 Å². The molecule has 0 spiro atoms. The lowest BCUT2D eigenvalue weighted by Gasteiger charge is -2.15. The van der Waals surface area contributed by atoms with Gasteiger partial charge in [-0.05, 0) is 5.41 Å². The van der Waals surface area contributed by atoms with E-state index in [4.69, 9.17) is 0 Å². The standard InChI is InChI=1S/C16H16N2O2/c1-16(2,3)8-11-17-12-9-6-4-5-7-10(9)14(19)15(20)13(12)18-11/h4-7H,8H2,1-3H3,(H,17,18). The molecule has 4 heteroatoms. The molecule has 0 fully saturated rings. The maximum atomic E-state index is 12.1. The predicted octanol–water partition coefficient (Wildman–Crippen LogP) is 3.04. The van der Waals surface area contributed by atoms with Crippen LogP contribution < -0.4 is 0 Å². The first-order valence-electron chi connectivity index (χ1n) is 6.64. The highest BCUT2D eigenvalue weighted by molar-refractivity contribution is 6.52. The average molecular weight is 268 g/mol. The van der Waals surface area contributed by atoms with E-state index in [1.807, 2.05) is 12.1 Å². The van der Waals surface area contributed by atoms with E-state index in [0.717, 1.165) is 17.8 Å². The SMILES string of the molecule is CC(C)(C)Cc1nc2c([nH]1)C(=O)C(=O)c1ccccc1-2. The van der Waals surface area contributed by atoms with Crippen molar-refractivity contribution in [1.82, 2.24) is 9.97 Å². The number of nitrogens with one attached hydrogen (secondary N) is 1. The number of carbonyl (C=O) groups excluding carboxylic acids is 2. The van der Waals surface area contributed by atoms with Gasteiger partial charge in [-0.3, -0.25) is 9.59 Å². The van der Waals surface area contributed by atoms with Crippen molar-refractivity contribution in [3.8, 4) is 11.3 Å². The molecule has 0 aliphatic heterocycles. The van der Waals surface area contributed by atoms with E-state index in [9.17, 15) is 9.59 Å². The van der Waals surface area contributed by atoms with Crippen LogP contribution in [0.25, 0.3) is 11.3 Å². The fraction of sp³-hybridized carbons (Fsp3) is 0.312. The van der Waals surface area contributed by atoms with Crippen LogP contribution in [0.15, 0.2) is 24.3 Å². The molecule has 102 valence electrons. The van der Waals surface area contributed by atoms with Gasteiger partial charge in [0, 0.05) is 17.5 Å². The van der Waals surface area contributed by atoms with Gasteiger partial charge in [0.15, 0.2) is 0 Å². The number of aromatic nitrogens is 2. The lowest BCUT2D eigenvalue weighted by atomic mass is 9.90. The summed E-state index contributed by atoms with van der Waals surface area (Å²) >= 11 is 0. The third kappa shape index (κ3) is 1.97. The van der Waals surface area contributed by atoms with Gasteiger partial charge in [-0.1, -0.05) is 45.0 Å². The highest BCUT2D eigenvalue weighted by atomic mass is 16.2. The zero-order valence-corrected chi connectivity index (χ0v) is 11.8. The summed E-state index contributed by atoms with van der Waals surface area (Å²) < 4.78 is 0. The normalized spacial score (nSPS) is 14.2. The number of imidazole rings is 1. The smallest absolute Gasteiger partial charge is 0.251 e. The van der Waals surface area contributed by atoms with Gasteiger partial charge < -0.3 is 4.98 Å². The Hall–Kier alpha value is -2.23. The molecule has 0 atom stereocenters. The maximum Gasteiger partial charge on any atom is 0.251 e. The molecule has 0 radical (unpaired) electrons. The number of rotatable bonds is 1. The van der Waals surface area contributed by atoms with Gasteiger partial charge in [-0.2, -0.15) is 0 Å². The second-order valence-corrected chi connectivity index (χ2v) is 6.35. The third-order valence-electron chi connectivity index (χ3n) is 3.31. The molecular formula is C16H16N2O2. The Bertz CT molecular complexity index is 720. The number of aromatic amines is 1. The Kier molecular flexibility index (Phi) is 2.64. The largest absolute Gasteiger partial charge is 0.339 e. The molecule has 0 saturated carbocycles. The number of hydrogen-bond acceptors (Lipinski definition) is 3. The number of H-pyrrole nitrogens is 1. The van der Waals surface area contributed by atoms with Crippen molar-refractivity contribution in [3.63, 3.8) is 0 Å². The van der Waals surface area contributed by atoms with Crippen molar-refractivity contribution in [2.24, 2.45) is 5.41 Å². The maximum absolute atomic E-state index is 12.1. The topological polar surface area (TPSA) is 62.8 Å². The number of ketones is 2. The Balaban J connectivity index is 2.16. The summed E-state index contributed by atoms with van der Waals surface area (Å²) in [5.41, 5.74) is 2.17. The summed E-state index contributed by atoms with van der Waals surface area (Å²) in [5.74, 6) is -0.203. The van der Waals surface area contributed by atoms with Crippen LogP contribution in [0.5, 0.6) is 0 Å². The molecular weight excluding hydrogens is 252 g/mol. The minimum atomic E-state index is -0.494. The molecule has 1 aromatic carbocycles. The molecule has 20 heavy (non-hydrogen) atoms. The average Bonchev–Trinajstić information content (AvgIpc) is 2.77. The molecule has 0 unspecified atom stereocenters. The van der Waals surface area contributed by atoms with Crippen LogP contribution in [-0.2, 0) is 6.42 Å². The third-order valence-corrected chi connectivity index (χ3v) is 3.31. The minimum Gasteiger partial charge on any atom is -0.339 e. The van der Waals surface area contributed by atoms with E-state index in [1.54, 1.807) is 12.1 Å². The van der Waals surface area contributed by atoms with Crippen LogP contribution in [0.3, 0.4) is 0 Å². The number of carbonyl (C=O) groups is 2. The van der Waals surface area contributed by atoms with E-state index in [2.05, 4.69) is 30.7 Å². The quantitative estimate of drug-likeness (QED) is 0.808. The Morgan fingerprint density at radius 3 is 2.35 bits per heavy atom. The summed E-state index contributed by atoms with van der Waals surface area (Å²) in [6, 6.07) is 7.12. The second kappa shape index (κ2) is 4.13. The van der Waals surface area contributed by atoms with E-state index >= 15 is 0 Å². The van der Waals surface area contributed by atoms with Crippen LogP contribution in [0.1, 0.15) is 47.4 Å². The van der Waals surface area contributed by atoms with Crippen molar-refractivity contribution >= 4 is 11.6 Å². The van der Waals surface area contributed by atoms with Gasteiger partial charge in [0.05, 0.1) is 0 Å². The first-order chi connectivity index (χ1) is 9.37. The van der Waals surface area contributed by atoms with Crippen LogP contribution >= 0.6 is 0 Å². The summed E-state index contributed by atoms with van der Waals surface area (Å²) in [6.45, 7) is 6.32. The second-order valence-electron chi connectivity index (χ2n) is 6.35. The molecule has 1 heterocycles. The lowest BCUT2D eigenvalue weighted by Crippen LogP contribution is -2.21. The zero-order chi connectivity index (χ0) is 14.5. The monoisotopic (exact) mass is 268 g/mol. The summed E-state index contributed by atoms with van der Waals surface area (Å²) in [5, 5.41) is 0. The molecule has 3 rings (SSSR count). The van der Waals surface area contributed by atoms with Crippen molar-refractivity contribution in [3.05, 3.63) is 41.3 Å². The molecule has 0 amide bonds. The van der Waals surface area contributed by atoms with Gasteiger partial charge in [-0.25, -0.2) is 4.98 Å². The van der Waals surface area contributed by atoms with Crippen molar-refractivity contribution < 1.29 is 9.59 Å². The summed E-state index contributed by atoms with van der Waals surface area (Å²) in [7, 11) is 0. The van der Waals surface area contributed by atoms with Gasteiger partial charge in [0.1, 0.15) is 17.2 Å². The molecule has 0 saturated heterocycles. The Labute approximate surface area is 117 Å². The molecule has 4 nitrogen and oxygen atoms in total. The van der Waals surface area contributed by atoms with Gasteiger partial charge in [0.25, 0.3) is 5.78 Å². The van der Waals surface area contributed by atoms with E-state index in [1.165, 1.54) is 0 Å². The number of hydrogen-bond donors (Lipinski definition) is 1. The van der Waals surface area contributed by atoms with Crippen LogP contribution in [0.4, 0.5) is 0 Å². The van der Waals surface area contributed by atoms with Gasteiger partial charge >= 0.3 is 0 Å². The number of benzene rings is 1. The fourth-order valence-electron chi connectivity index (χ4n) is 2.49. The van der Waals surface area contributed by atoms with Crippen molar-refractivity contribution in [2.45, 2.75) is 27.2 Å². The Morgan fingerprint density at radius 1 is 1.05 bits per heavy atom. The number of nitrogens with zero attached hydrogens (tertiary/aromatic N) is 1. The van der Waals surface area contributed by atoms with E-state index < -0.39 is 11.6 Å². The summed E-state index contributed by atoms with van der Waals surface area (Å²) in [4.78, 5) is 31.8. The Morgan fingerprint density at radius 2 is 1.70 bits per heavy atom. The molecule has 1 aliphatic carbocycles. The first kappa shape index (κ1) is 12.8. The van der Waals surface area contributed by atoms with Crippen LogP contribution in [-0.4, -0.2) is 21.5 Å². The van der Waals surface area contributed by atoms with E-state index in [-0.39, 0.29) is 5.41 Å². The molecule has 0 bridgehead atoms. The molecule has 2 aromatic rings.